The molecule has 0 aromatic carbocycles. The van der Waals surface area contributed by atoms with Crippen LogP contribution in [0.4, 0.5) is 0 Å². The number of nitriles is 1. The fraction of sp³-hybridized carbons (Fsp3) is 0.833. The average Bonchev–Trinajstić information content (AvgIpc) is 1.99. The van der Waals surface area contributed by atoms with Gasteiger partial charge >= 0.3 is 0 Å². The third-order valence-electron chi connectivity index (χ3n) is 1.44. The fourth-order valence-corrected chi connectivity index (χ4v) is 0.548. The van der Waals surface area contributed by atoms with Crippen molar-refractivity contribution in [3.05, 3.63) is 4.91 Å². The highest BCUT2D eigenvalue weighted by molar-refractivity contribution is 4.76. The Kier molecular flexibility index (Phi) is 4.21. The molecular formula is C6H11N3O. The largest absolute Gasteiger partial charge is 0.244 e. The Morgan fingerprint density at radius 3 is 2.70 bits per heavy atom. The van der Waals surface area contributed by atoms with Gasteiger partial charge in [-0.05, 0) is 13.3 Å². The lowest BCUT2D eigenvalue weighted by Gasteiger charge is -2.17. The standard InChI is InChI=1S/C6H11N3O/c1-3-6(2)9(8-10)5-4-7/h6H,3,5H2,1-2H3. The van der Waals surface area contributed by atoms with Crippen LogP contribution in [0.15, 0.2) is 5.29 Å². The Hall–Kier alpha value is -1.11. The third kappa shape index (κ3) is 2.44. The maximum absolute atomic E-state index is 10.0. The zero-order valence-electron chi connectivity index (χ0n) is 6.24. The maximum atomic E-state index is 10.0. The van der Waals surface area contributed by atoms with Crippen molar-refractivity contribution < 1.29 is 0 Å². The predicted molar refractivity (Wildman–Crippen MR) is 37.9 cm³/mol. The van der Waals surface area contributed by atoms with Crippen LogP contribution in [0, 0.1) is 16.2 Å². The summed E-state index contributed by atoms with van der Waals surface area (Å²) in [5.74, 6) is 0. The summed E-state index contributed by atoms with van der Waals surface area (Å²) >= 11 is 0. The van der Waals surface area contributed by atoms with E-state index in [0.717, 1.165) is 6.42 Å². The van der Waals surface area contributed by atoms with E-state index >= 15 is 0 Å². The molecule has 4 nitrogen and oxygen atoms in total. The van der Waals surface area contributed by atoms with Crippen LogP contribution < -0.4 is 0 Å². The Bertz CT molecular complexity index is 140. The average molecular weight is 141 g/mol. The SMILES string of the molecule is CCC(C)N(CC#N)N=O. The van der Waals surface area contributed by atoms with Crippen molar-refractivity contribution in [2.45, 2.75) is 26.3 Å². The molecule has 0 amide bonds. The lowest BCUT2D eigenvalue weighted by Crippen LogP contribution is -2.27. The zero-order valence-corrected chi connectivity index (χ0v) is 6.24. The van der Waals surface area contributed by atoms with Gasteiger partial charge in [-0.25, -0.2) is 5.01 Å². The van der Waals surface area contributed by atoms with Gasteiger partial charge in [-0.2, -0.15) is 5.26 Å². The van der Waals surface area contributed by atoms with Gasteiger partial charge in [0.05, 0.1) is 11.4 Å². The molecule has 0 saturated heterocycles. The number of rotatable bonds is 4. The molecule has 0 aliphatic rings. The van der Waals surface area contributed by atoms with Crippen LogP contribution in [0.2, 0.25) is 0 Å². The van der Waals surface area contributed by atoms with Gasteiger partial charge in [-0.15, -0.1) is 4.91 Å². The summed E-state index contributed by atoms with van der Waals surface area (Å²) in [7, 11) is 0. The summed E-state index contributed by atoms with van der Waals surface area (Å²) in [6, 6.07) is 1.93. The molecular weight excluding hydrogens is 130 g/mol. The molecule has 4 heteroatoms. The molecule has 56 valence electrons. The molecule has 0 aromatic heterocycles. The highest BCUT2D eigenvalue weighted by Crippen LogP contribution is 2.01. The molecule has 0 bridgehead atoms. The van der Waals surface area contributed by atoms with Crippen molar-refractivity contribution in [1.82, 2.24) is 5.01 Å². The van der Waals surface area contributed by atoms with Crippen molar-refractivity contribution in [2.24, 2.45) is 5.29 Å². The van der Waals surface area contributed by atoms with Gasteiger partial charge in [0.2, 0.25) is 0 Å². The van der Waals surface area contributed by atoms with Gasteiger partial charge in [0, 0.05) is 6.04 Å². The number of hydrogen-bond acceptors (Lipinski definition) is 3. The highest BCUT2D eigenvalue weighted by Gasteiger charge is 2.08. The third-order valence-corrected chi connectivity index (χ3v) is 1.44. The molecule has 0 aliphatic heterocycles. The van der Waals surface area contributed by atoms with Gasteiger partial charge in [0.1, 0.15) is 6.54 Å². The van der Waals surface area contributed by atoms with Gasteiger partial charge < -0.3 is 0 Å². The molecule has 0 radical (unpaired) electrons. The van der Waals surface area contributed by atoms with Crippen molar-refractivity contribution in [3.63, 3.8) is 0 Å². The summed E-state index contributed by atoms with van der Waals surface area (Å²) < 4.78 is 0. The minimum Gasteiger partial charge on any atom is -0.244 e. The molecule has 1 atom stereocenters. The van der Waals surface area contributed by atoms with E-state index in [2.05, 4.69) is 5.29 Å². The van der Waals surface area contributed by atoms with Crippen LogP contribution in [0.5, 0.6) is 0 Å². The molecule has 0 N–H and O–H groups in total. The summed E-state index contributed by atoms with van der Waals surface area (Å²) in [6.07, 6.45) is 0.827. The lowest BCUT2D eigenvalue weighted by molar-refractivity contribution is 0.236. The molecule has 0 aliphatic carbocycles. The topological polar surface area (TPSA) is 56.5 Å². The summed E-state index contributed by atoms with van der Waals surface area (Å²) in [4.78, 5) is 10.0. The van der Waals surface area contributed by atoms with Crippen molar-refractivity contribution in [1.29, 1.82) is 5.26 Å². The van der Waals surface area contributed by atoms with Gasteiger partial charge in [0.15, 0.2) is 0 Å². The molecule has 0 heterocycles. The maximum Gasteiger partial charge on any atom is 0.126 e. The summed E-state index contributed by atoms with van der Waals surface area (Å²) in [5, 5.41) is 12.2. The molecule has 0 fully saturated rings. The Morgan fingerprint density at radius 1 is 1.80 bits per heavy atom. The summed E-state index contributed by atoms with van der Waals surface area (Å²) in [6.45, 7) is 3.89. The second-order valence-electron chi connectivity index (χ2n) is 2.09. The first-order chi connectivity index (χ1) is 4.76. The smallest absolute Gasteiger partial charge is 0.126 e. The Morgan fingerprint density at radius 2 is 2.40 bits per heavy atom. The molecule has 0 aromatic rings. The minimum atomic E-state index is 0.0668. The first kappa shape index (κ1) is 8.89. The van der Waals surface area contributed by atoms with E-state index in [4.69, 9.17) is 5.26 Å². The molecule has 1 unspecified atom stereocenters. The second-order valence-corrected chi connectivity index (χ2v) is 2.09. The van der Waals surface area contributed by atoms with E-state index in [9.17, 15) is 4.91 Å². The molecule has 0 rings (SSSR count). The zero-order chi connectivity index (χ0) is 7.98. The molecule has 0 spiro atoms. The van der Waals surface area contributed by atoms with E-state index < -0.39 is 0 Å². The van der Waals surface area contributed by atoms with Gasteiger partial charge in [0.25, 0.3) is 0 Å². The minimum absolute atomic E-state index is 0.0668. The molecule has 10 heavy (non-hydrogen) atoms. The van der Waals surface area contributed by atoms with Crippen LogP contribution in [0.3, 0.4) is 0 Å². The van der Waals surface area contributed by atoms with Crippen molar-refractivity contribution in [3.8, 4) is 6.07 Å². The van der Waals surface area contributed by atoms with Crippen LogP contribution in [0.25, 0.3) is 0 Å². The number of hydrogen-bond donors (Lipinski definition) is 0. The summed E-state index contributed by atoms with van der Waals surface area (Å²) in [5.41, 5.74) is 0. The van der Waals surface area contributed by atoms with E-state index in [1.165, 1.54) is 5.01 Å². The van der Waals surface area contributed by atoms with Gasteiger partial charge in [-0.1, -0.05) is 6.92 Å². The monoisotopic (exact) mass is 141 g/mol. The van der Waals surface area contributed by atoms with E-state index in [1.54, 1.807) is 0 Å². The van der Waals surface area contributed by atoms with Crippen LogP contribution in [-0.4, -0.2) is 17.6 Å². The van der Waals surface area contributed by atoms with Crippen molar-refractivity contribution in [2.75, 3.05) is 6.54 Å². The normalized spacial score (nSPS) is 11.7. The van der Waals surface area contributed by atoms with Crippen LogP contribution in [-0.2, 0) is 0 Å². The first-order valence-corrected chi connectivity index (χ1v) is 3.23. The fourth-order valence-electron chi connectivity index (χ4n) is 0.548. The first-order valence-electron chi connectivity index (χ1n) is 3.23. The van der Waals surface area contributed by atoms with Gasteiger partial charge in [-0.3, -0.25) is 0 Å². The van der Waals surface area contributed by atoms with Crippen LogP contribution >= 0.6 is 0 Å². The predicted octanol–water partition coefficient (Wildman–Crippen LogP) is 1.29. The van der Waals surface area contributed by atoms with E-state index in [1.807, 2.05) is 19.9 Å². The molecule has 0 saturated carbocycles. The Labute approximate surface area is 60.4 Å². The number of nitrogens with zero attached hydrogens (tertiary/aromatic N) is 3. The second kappa shape index (κ2) is 4.74. The van der Waals surface area contributed by atoms with Crippen molar-refractivity contribution >= 4 is 0 Å². The van der Waals surface area contributed by atoms with E-state index in [0.29, 0.717) is 0 Å². The van der Waals surface area contributed by atoms with Crippen LogP contribution in [0.1, 0.15) is 20.3 Å². The quantitative estimate of drug-likeness (QED) is 0.337. The lowest BCUT2D eigenvalue weighted by atomic mass is 10.2. The highest BCUT2D eigenvalue weighted by atomic mass is 16.3. The Balaban J connectivity index is 3.82. The van der Waals surface area contributed by atoms with E-state index in [-0.39, 0.29) is 12.6 Å². The number of nitroso groups, excluding NO2 is 1.